The fourth-order valence-corrected chi connectivity index (χ4v) is 1.75. The highest BCUT2D eigenvalue weighted by atomic mass is 35.5. The lowest BCUT2D eigenvalue weighted by Crippen LogP contribution is -1.79. The molecule has 3 heteroatoms. The molecule has 1 rings (SSSR count). The van der Waals surface area contributed by atoms with E-state index < -0.39 is 0 Å². The Hall–Kier alpha value is -1.09. The number of hydrogen-bond donors (Lipinski definition) is 0. The molecule has 0 saturated heterocycles. The molecule has 13 heavy (non-hydrogen) atoms. The summed E-state index contributed by atoms with van der Waals surface area (Å²) in [4.78, 5) is 0.915. The molecule has 0 aliphatic heterocycles. The monoisotopic (exact) mass is 207 g/mol. The van der Waals surface area contributed by atoms with Crippen molar-refractivity contribution in [2.24, 2.45) is 0 Å². The number of thioether (sulfide) groups is 1. The molecular weight excluding hydrogens is 202 g/mol. The van der Waals surface area contributed by atoms with Crippen molar-refractivity contribution >= 4 is 23.4 Å². The maximum absolute atomic E-state index is 8.58. The van der Waals surface area contributed by atoms with Crippen LogP contribution < -0.4 is 0 Å². The molecule has 0 fully saturated rings. The standard InChI is InChI=1S/C10H6ClNS/c1-2-5-13-10-4-3-8(7-12)6-9(10)11/h1,3-4,6H,5H2. The molecule has 0 N–H and O–H groups in total. The van der Waals surface area contributed by atoms with E-state index in [2.05, 4.69) is 5.92 Å². The van der Waals surface area contributed by atoms with E-state index in [0.29, 0.717) is 16.3 Å². The predicted octanol–water partition coefficient (Wildman–Crippen LogP) is 2.94. The van der Waals surface area contributed by atoms with E-state index >= 15 is 0 Å². The molecule has 0 aromatic heterocycles. The smallest absolute Gasteiger partial charge is 0.0992 e. The Labute approximate surface area is 86.7 Å². The number of hydrogen-bond acceptors (Lipinski definition) is 2. The van der Waals surface area contributed by atoms with Gasteiger partial charge >= 0.3 is 0 Å². The molecule has 0 aliphatic rings. The zero-order valence-electron chi connectivity index (χ0n) is 6.75. The van der Waals surface area contributed by atoms with Crippen LogP contribution in [0.25, 0.3) is 0 Å². The van der Waals surface area contributed by atoms with E-state index in [9.17, 15) is 0 Å². The molecule has 0 heterocycles. The van der Waals surface area contributed by atoms with Gasteiger partial charge in [-0.2, -0.15) is 5.26 Å². The van der Waals surface area contributed by atoms with Crippen LogP contribution in [-0.4, -0.2) is 5.75 Å². The van der Waals surface area contributed by atoms with Gasteiger partial charge in [0.15, 0.2) is 0 Å². The molecule has 1 aromatic rings. The Bertz CT molecular complexity index is 387. The Morgan fingerprint density at radius 2 is 2.31 bits per heavy atom. The summed E-state index contributed by atoms with van der Waals surface area (Å²) in [5, 5.41) is 9.16. The molecule has 0 unspecified atom stereocenters. The van der Waals surface area contributed by atoms with Crippen LogP contribution in [0.15, 0.2) is 23.1 Å². The van der Waals surface area contributed by atoms with E-state index in [0.717, 1.165) is 4.90 Å². The maximum atomic E-state index is 8.58. The van der Waals surface area contributed by atoms with Gasteiger partial charge in [-0.25, -0.2) is 0 Å². The van der Waals surface area contributed by atoms with Crippen LogP contribution in [0.1, 0.15) is 5.56 Å². The van der Waals surface area contributed by atoms with E-state index in [-0.39, 0.29) is 0 Å². The first-order chi connectivity index (χ1) is 6.27. The highest BCUT2D eigenvalue weighted by molar-refractivity contribution is 7.99. The number of nitrogens with zero attached hydrogens (tertiary/aromatic N) is 1. The van der Waals surface area contributed by atoms with Crippen molar-refractivity contribution in [3.63, 3.8) is 0 Å². The summed E-state index contributed by atoms with van der Waals surface area (Å²) >= 11 is 7.39. The summed E-state index contributed by atoms with van der Waals surface area (Å²) in [5.74, 6) is 3.10. The van der Waals surface area contributed by atoms with Crippen molar-refractivity contribution in [2.75, 3.05) is 5.75 Å². The van der Waals surface area contributed by atoms with Gasteiger partial charge in [0.05, 0.1) is 22.4 Å². The molecule has 0 spiro atoms. The first-order valence-electron chi connectivity index (χ1n) is 3.54. The highest BCUT2D eigenvalue weighted by Crippen LogP contribution is 2.27. The van der Waals surface area contributed by atoms with Crippen LogP contribution in [0.4, 0.5) is 0 Å². The zero-order chi connectivity index (χ0) is 9.68. The van der Waals surface area contributed by atoms with Crippen LogP contribution in [0.5, 0.6) is 0 Å². The van der Waals surface area contributed by atoms with Gasteiger partial charge in [0.1, 0.15) is 0 Å². The third-order valence-electron chi connectivity index (χ3n) is 1.37. The van der Waals surface area contributed by atoms with Crippen molar-refractivity contribution in [3.8, 4) is 18.4 Å². The average Bonchev–Trinajstić information content (AvgIpc) is 2.16. The molecule has 1 nitrogen and oxygen atoms in total. The molecule has 0 radical (unpaired) electrons. The number of halogens is 1. The summed E-state index contributed by atoms with van der Waals surface area (Å²) in [7, 11) is 0. The normalized spacial score (nSPS) is 8.85. The molecule has 0 amide bonds. The minimum absolute atomic E-state index is 0.565. The third-order valence-corrected chi connectivity index (χ3v) is 2.77. The minimum atomic E-state index is 0.565. The second-order valence-electron chi connectivity index (χ2n) is 2.25. The van der Waals surface area contributed by atoms with Gasteiger partial charge in [-0.1, -0.05) is 17.5 Å². The van der Waals surface area contributed by atoms with Gasteiger partial charge in [-0.05, 0) is 18.2 Å². The van der Waals surface area contributed by atoms with Crippen LogP contribution in [0.3, 0.4) is 0 Å². The van der Waals surface area contributed by atoms with Crippen LogP contribution in [0.2, 0.25) is 5.02 Å². The van der Waals surface area contributed by atoms with Crippen molar-refractivity contribution in [1.29, 1.82) is 5.26 Å². The Morgan fingerprint density at radius 1 is 1.54 bits per heavy atom. The minimum Gasteiger partial charge on any atom is -0.192 e. The molecule has 0 saturated carbocycles. The molecular formula is C10H6ClNS. The van der Waals surface area contributed by atoms with Gasteiger partial charge in [0, 0.05) is 4.90 Å². The first kappa shape index (κ1) is 9.99. The van der Waals surface area contributed by atoms with Gasteiger partial charge < -0.3 is 0 Å². The summed E-state index contributed by atoms with van der Waals surface area (Å²) < 4.78 is 0. The van der Waals surface area contributed by atoms with Crippen molar-refractivity contribution in [1.82, 2.24) is 0 Å². The average molecular weight is 208 g/mol. The Kier molecular flexibility index (Phi) is 3.71. The topological polar surface area (TPSA) is 23.8 Å². The lowest BCUT2D eigenvalue weighted by Gasteiger charge is -2.00. The van der Waals surface area contributed by atoms with Gasteiger partial charge in [-0.3, -0.25) is 0 Å². The number of terminal acetylenes is 1. The Morgan fingerprint density at radius 3 is 2.85 bits per heavy atom. The maximum Gasteiger partial charge on any atom is 0.0992 e. The SMILES string of the molecule is C#CCSc1ccc(C#N)cc1Cl. The van der Waals surface area contributed by atoms with Crippen LogP contribution in [-0.2, 0) is 0 Å². The van der Waals surface area contributed by atoms with Crippen LogP contribution >= 0.6 is 23.4 Å². The largest absolute Gasteiger partial charge is 0.192 e. The van der Waals surface area contributed by atoms with E-state index in [1.54, 1.807) is 12.1 Å². The fraction of sp³-hybridized carbons (Fsp3) is 0.100. The fourth-order valence-electron chi connectivity index (χ4n) is 0.807. The van der Waals surface area contributed by atoms with E-state index in [1.165, 1.54) is 11.8 Å². The van der Waals surface area contributed by atoms with Crippen molar-refractivity contribution in [2.45, 2.75) is 4.90 Å². The van der Waals surface area contributed by atoms with Crippen LogP contribution in [0, 0.1) is 23.7 Å². The summed E-state index contributed by atoms with van der Waals surface area (Å²) in [6, 6.07) is 7.19. The first-order valence-corrected chi connectivity index (χ1v) is 4.90. The summed E-state index contributed by atoms with van der Waals surface area (Å²) in [5.41, 5.74) is 0.565. The number of rotatable bonds is 2. The van der Waals surface area contributed by atoms with E-state index in [4.69, 9.17) is 23.3 Å². The molecule has 0 atom stereocenters. The molecule has 0 bridgehead atoms. The second-order valence-corrected chi connectivity index (χ2v) is 3.67. The quantitative estimate of drug-likeness (QED) is 0.550. The molecule has 64 valence electrons. The number of benzene rings is 1. The molecule has 1 aromatic carbocycles. The van der Waals surface area contributed by atoms with Crippen molar-refractivity contribution in [3.05, 3.63) is 28.8 Å². The van der Waals surface area contributed by atoms with Gasteiger partial charge in [0.2, 0.25) is 0 Å². The lowest BCUT2D eigenvalue weighted by atomic mass is 10.2. The lowest BCUT2D eigenvalue weighted by molar-refractivity contribution is 1.41. The van der Waals surface area contributed by atoms with Gasteiger partial charge in [-0.15, -0.1) is 18.2 Å². The predicted molar refractivity (Wildman–Crippen MR) is 55.7 cm³/mol. The van der Waals surface area contributed by atoms with Crippen molar-refractivity contribution < 1.29 is 0 Å². The van der Waals surface area contributed by atoms with Gasteiger partial charge in [0.25, 0.3) is 0 Å². The molecule has 0 aliphatic carbocycles. The number of nitriles is 1. The zero-order valence-corrected chi connectivity index (χ0v) is 8.32. The van der Waals surface area contributed by atoms with E-state index in [1.807, 2.05) is 12.1 Å². The Balaban J connectivity index is 2.88. The summed E-state index contributed by atoms with van der Waals surface area (Å²) in [6.07, 6.45) is 5.12. The highest BCUT2D eigenvalue weighted by Gasteiger charge is 2.00. The third kappa shape index (κ3) is 2.70. The summed E-state index contributed by atoms with van der Waals surface area (Å²) in [6.45, 7) is 0. The second kappa shape index (κ2) is 4.82.